The smallest absolute Gasteiger partial charge is 0.266 e. The standard InChI is InChI=1S/C23H28ClN5O/c1-15-16(7-5-9-18(15)25-2)17-8-6-10-19(23(17)24)28-22(30)14-27-20-13-26-12-11-21(20)29(3)4/h5-10,14,25-26H,11-13H2,1-4H3,(H,28,30). The van der Waals surface area contributed by atoms with Gasteiger partial charge in [-0.3, -0.25) is 9.79 Å². The summed E-state index contributed by atoms with van der Waals surface area (Å²) in [4.78, 5) is 19.0. The maximum atomic E-state index is 12.5. The predicted molar refractivity (Wildman–Crippen MR) is 126 cm³/mol. The van der Waals surface area contributed by atoms with Crippen LogP contribution in [0.3, 0.4) is 0 Å². The molecule has 1 aliphatic heterocycles. The molecule has 0 unspecified atom stereocenters. The minimum atomic E-state index is -0.314. The molecule has 30 heavy (non-hydrogen) atoms. The van der Waals surface area contributed by atoms with E-state index in [4.69, 9.17) is 11.6 Å². The Labute approximate surface area is 183 Å². The van der Waals surface area contributed by atoms with Crippen LogP contribution in [0.4, 0.5) is 11.4 Å². The molecule has 0 saturated carbocycles. The second kappa shape index (κ2) is 9.78. The number of carbonyl (C=O) groups is 1. The Balaban J connectivity index is 1.83. The molecule has 2 aromatic rings. The fourth-order valence-corrected chi connectivity index (χ4v) is 3.87. The summed E-state index contributed by atoms with van der Waals surface area (Å²) in [6.07, 6.45) is 2.21. The third-order valence-corrected chi connectivity index (χ3v) is 5.60. The number of amides is 1. The lowest BCUT2D eigenvalue weighted by Crippen LogP contribution is -2.29. The van der Waals surface area contributed by atoms with E-state index >= 15 is 0 Å². The Morgan fingerprint density at radius 3 is 2.57 bits per heavy atom. The SMILES string of the molecule is CNc1cccc(-c2cccc(NC(=O)C=NC3=C(N(C)C)CCNC3)c2Cl)c1C. The molecule has 0 aromatic heterocycles. The lowest BCUT2D eigenvalue weighted by molar-refractivity contribution is -0.109. The van der Waals surface area contributed by atoms with Gasteiger partial charge >= 0.3 is 0 Å². The molecular formula is C23H28ClN5O. The van der Waals surface area contributed by atoms with Crippen LogP contribution in [0.15, 0.2) is 52.8 Å². The van der Waals surface area contributed by atoms with Gasteiger partial charge in [-0.15, -0.1) is 0 Å². The second-order valence-corrected chi connectivity index (χ2v) is 7.74. The van der Waals surface area contributed by atoms with Gasteiger partial charge in [-0.25, -0.2) is 0 Å². The maximum Gasteiger partial charge on any atom is 0.266 e. The zero-order valence-corrected chi connectivity index (χ0v) is 18.6. The summed E-state index contributed by atoms with van der Waals surface area (Å²) in [7, 11) is 5.88. The Morgan fingerprint density at radius 2 is 1.87 bits per heavy atom. The maximum absolute atomic E-state index is 12.5. The van der Waals surface area contributed by atoms with Crippen LogP contribution in [0.1, 0.15) is 12.0 Å². The van der Waals surface area contributed by atoms with E-state index in [-0.39, 0.29) is 5.91 Å². The number of nitrogens with one attached hydrogen (secondary N) is 3. The topological polar surface area (TPSA) is 68.8 Å². The third kappa shape index (κ3) is 4.83. The molecule has 1 amide bonds. The van der Waals surface area contributed by atoms with Gasteiger partial charge in [-0.05, 0) is 30.2 Å². The lowest BCUT2D eigenvalue weighted by Gasteiger charge is -2.24. The van der Waals surface area contributed by atoms with Crippen LogP contribution < -0.4 is 16.0 Å². The molecule has 2 aromatic carbocycles. The minimum absolute atomic E-state index is 0.314. The van der Waals surface area contributed by atoms with Crippen LogP contribution in [0.2, 0.25) is 5.02 Å². The quantitative estimate of drug-likeness (QED) is 0.608. The molecule has 6 nitrogen and oxygen atoms in total. The van der Waals surface area contributed by atoms with Crippen LogP contribution in [0.25, 0.3) is 11.1 Å². The predicted octanol–water partition coefficient (Wildman–Crippen LogP) is 4.13. The van der Waals surface area contributed by atoms with Crippen LogP contribution in [-0.4, -0.2) is 51.3 Å². The Morgan fingerprint density at radius 1 is 1.17 bits per heavy atom. The van der Waals surface area contributed by atoms with Crippen molar-refractivity contribution in [2.24, 2.45) is 4.99 Å². The molecule has 0 saturated heterocycles. The van der Waals surface area contributed by atoms with Crippen molar-refractivity contribution in [1.82, 2.24) is 10.2 Å². The highest BCUT2D eigenvalue weighted by atomic mass is 35.5. The number of nitrogens with zero attached hydrogens (tertiary/aromatic N) is 2. The zero-order valence-electron chi connectivity index (χ0n) is 17.8. The molecule has 0 bridgehead atoms. The molecule has 0 fully saturated rings. The molecule has 0 atom stereocenters. The average molecular weight is 426 g/mol. The van der Waals surface area contributed by atoms with Gasteiger partial charge in [-0.1, -0.05) is 35.9 Å². The highest BCUT2D eigenvalue weighted by molar-refractivity contribution is 6.38. The van der Waals surface area contributed by atoms with Crippen molar-refractivity contribution in [1.29, 1.82) is 0 Å². The van der Waals surface area contributed by atoms with Crippen LogP contribution in [0.5, 0.6) is 0 Å². The third-order valence-electron chi connectivity index (χ3n) is 5.19. The number of anilines is 2. The van der Waals surface area contributed by atoms with Gasteiger partial charge in [0.05, 0.1) is 22.6 Å². The number of hydrogen-bond acceptors (Lipinski definition) is 5. The summed E-state index contributed by atoms with van der Waals surface area (Å²) in [6, 6.07) is 11.7. The first kappa shape index (κ1) is 21.9. The molecule has 3 N–H and O–H groups in total. The summed E-state index contributed by atoms with van der Waals surface area (Å²) in [5.74, 6) is -0.314. The van der Waals surface area contributed by atoms with Crippen molar-refractivity contribution in [3.05, 3.63) is 58.4 Å². The van der Waals surface area contributed by atoms with E-state index in [1.54, 1.807) is 6.07 Å². The first-order valence-corrected chi connectivity index (χ1v) is 10.3. The summed E-state index contributed by atoms with van der Waals surface area (Å²) < 4.78 is 0. The summed E-state index contributed by atoms with van der Waals surface area (Å²) in [6.45, 7) is 3.60. The Hall–Kier alpha value is -2.83. The van der Waals surface area contributed by atoms with Crippen LogP contribution in [0, 0.1) is 6.92 Å². The van der Waals surface area contributed by atoms with Crippen molar-refractivity contribution >= 4 is 35.1 Å². The van der Waals surface area contributed by atoms with Gasteiger partial charge in [0.25, 0.3) is 5.91 Å². The van der Waals surface area contributed by atoms with Gasteiger partial charge in [0.1, 0.15) is 0 Å². The van der Waals surface area contributed by atoms with Crippen LogP contribution >= 0.6 is 11.6 Å². The second-order valence-electron chi connectivity index (χ2n) is 7.36. The number of carbonyl (C=O) groups excluding carboxylic acids is 1. The van der Waals surface area contributed by atoms with Gasteiger partial charge in [0, 0.05) is 57.6 Å². The summed E-state index contributed by atoms with van der Waals surface area (Å²) >= 11 is 6.66. The lowest BCUT2D eigenvalue weighted by atomic mass is 9.98. The van der Waals surface area contributed by atoms with Gasteiger partial charge < -0.3 is 20.9 Å². The molecule has 7 heteroatoms. The normalized spacial score (nSPS) is 14.2. The molecule has 0 spiro atoms. The molecule has 1 aliphatic rings. The average Bonchev–Trinajstić information content (AvgIpc) is 2.74. The van der Waals surface area contributed by atoms with Crippen molar-refractivity contribution in [2.45, 2.75) is 13.3 Å². The molecule has 0 radical (unpaired) electrons. The van der Waals surface area contributed by atoms with Gasteiger partial charge in [0.2, 0.25) is 0 Å². The number of aliphatic imine (C=N–C) groups is 1. The first-order chi connectivity index (χ1) is 14.4. The fourth-order valence-electron chi connectivity index (χ4n) is 3.60. The van der Waals surface area contributed by atoms with Crippen molar-refractivity contribution < 1.29 is 4.79 Å². The van der Waals surface area contributed by atoms with Crippen LogP contribution in [-0.2, 0) is 4.79 Å². The Kier molecular flexibility index (Phi) is 7.13. The van der Waals surface area contributed by atoms with E-state index in [0.717, 1.165) is 46.7 Å². The fraction of sp³-hybridized carbons (Fsp3) is 0.304. The summed E-state index contributed by atoms with van der Waals surface area (Å²) in [5, 5.41) is 9.84. The van der Waals surface area contributed by atoms with E-state index in [1.165, 1.54) is 6.21 Å². The zero-order chi connectivity index (χ0) is 21.7. The number of rotatable bonds is 6. The van der Waals surface area contributed by atoms with Crippen molar-refractivity contribution in [3.63, 3.8) is 0 Å². The molecule has 0 aliphatic carbocycles. The monoisotopic (exact) mass is 425 g/mol. The molecule has 3 rings (SSSR count). The van der Waals surface area contributed by atoms with E-state index in [2.05, 4.69) is 20.9 Å². The molecule has 158 valence electrons. The van der Waals surface area contributed by atoms with Crippen molar-refractivity contribution in [3.8, 4) is 11.1 Å². The summed E-state index contributed by atoms with van der Waals surface area (Å²) in [5.41, 5.74) is 6.60. The Bertz CT molecular complexity index is 997. The van der Waals surface area contributed by atoms with E-state index in [9.17, 15) is 4.79 Å². The molecular weight excluding hydrogens is 398 g/mol. The largest absolute Gasteiger partial charge is 0.388 e. The number of hydrogen-bond donors (Lipinski definition) is 3. The highest BCUT2D eigenvalue weighted by Gasteiger charge is 2.15. The van der Waals surface area contributed by atoms with E-state index in [1.807, 2.05) is 63.3 Å². The highest BCUT2D eigenvalue weighted by Crippen LogP contribution is 2.37. The van der Waals surface area contributed by atoms with Gasteiger partial charge in [-0.2, -0.15) is 0 Å². The first-order valence-electron chi connectivity index (χ1n) is 9.93. The van der Waals surface area contributed by atoms with E-state index < -0.39 is 0 Å². The van der Waals surface area contributed by atoms with Crippen molar-refractivity contribution in [2.75, 3.05) is 44.9 Å². The number of halogens is 1. The minimum Gasteiger partial charge on any atom is -0.388 e. The molecule has 1 heterocycles. The van der Waals surface area contributed by atoms with E-state index in [0.29, 0.717) is 17.3 Å². The van der Waals surface area contributed by atoms with Gasteiger partial charge in [0.15, 0.2) is 0 Å². The number of benzene rings is 2.